The van der Waals surface area contributed by atoms with Gasteiger partial charge in [-0.3, -0.25) is 0 Å². The average molecular weight is 715 g/mol. The Labute approximate surface area is 325 Å². The van der Waals surface area contributed by atoms with E-state index in [-0.39, 0.29) is 0 Å². The van der Waals surface area contributed by atoms with Crippen molar-refractivity contribution >= 4 is 21.8 Å². The number of rotatable bonds is 6. The minimum atomic E-state index is -0.550. The van der Waals surface area contributed by atoms with Crippen LogP contribution in [0, 0.1) is 0 Å². The van der Waals surface area contributed by atoms with Crippen LogP contribution in [0.15, 0.2) is 206 Å². The Kier molecular flexibility index (Phi) is 7.36. The zero-order valence-electron chi connectivity index (χ0n) is 30.4. The van der Waals surface area contributed by atoms with Gasteiger partial charge in [-0.15, -0.1) is 0 Å². The maximum Gasteiger partial charge on any atom is 0.166 e. The number of benzene rings is 8. The van der Waals surface area contributed by atoms with Crippen LogP contribution in [0.4, 0.5) is 0 Å². The molecule has 0 aliphatic heterocycles. The molecule has 0 fully saturated rings. The van der Waals surface area contributed by atoms with Crippen molar-refractivity contribution in [2.75, 3.05) is 0 Å². The molecule has 1 aliphatic rings. The summed E-state index contributed by atoms with van der Waals surface area (Å²) in [7, 11) is 0. The molecule has 0 amide bonds. The van der Waals surface area contributed by atoms with Gasteiger partial charge in [0.25, 0.3) is 0 Å². The van der Waals surface area contributed by atoms with Crippen LogP contribution >= 0.6 is 0 Å². The van der Waals surface area contributed by atoms with Gasteiger partial charge in [0.1, 0.15) is 0 Å². The van der Waals surface area contributed by atoms with Crippen LogP contribution in [0.1, 0.15) is 22.3 Å². The van der Waals surface area contributed by atoms with E-state index in [0.29, 0.717) is 17.5 Å². The molecule has 8 aromatic carbocycles. The molecule has 0 radical (unpaired) electrons. The molecule has 262 valence electrons. The summed E-state index contributed by atoms with van der Waals surface area (Å²) in [5, 5.41) is 2.44. The van der Waals surface area contributed by atoms with Gasteiger partial charge >= 0.3 is 0 Å². The van der Waals surface area contributed by atoms with Crippen LogP contribution in [0.2, 0.25) is 0 Å². The third kappa shape index (κ3) is 4.76. The highest BCUT2D eigenvalue weighted by Gasteiger charge is 2.47. The van der Waals surface area contributed by atoms with E-state index >= 15 is 0 Å². The second-order valence-electron chi connectivity index (χ2n) is 14.3. The molecule has 1 aliphatic carbocycles. The molecule has 10 aromatic rings. The largest absolute Gasteiger partial charge is 0.308 e. The zero-order chi connectivity index (χ0) is 37.1. The second-order valence-corrected chi connectivity index (χ2v) is 14.3. The lowest BCUT2D eigenvalue weighted by atomic mass is 9.67. The fourth-order valence-electron chi connectivity index (χ4n) is 9.04. The molecule has 0 bridgehead atoms. The van der Waals surface area contributed by atoms with Gasteiger partial charge in [-0.05, 0) is 57.6 Å². The number of hydrogen-bond acceptors (Lipinski definition) is 3. The third-order valence-electron chi connectivity index (χ3n) is 11.3. The van der Waals surface area contributed by atoms with Gasteiger partial charge in [-0.1, -0.05) is 182 Å². The molecular formula is C52H34N4. The van der Waals surface area contributed by atoms with E-state index in [1.165, 1.54) is 44.2 Å². The summed E-state index contributed by atoms with van der Waals surface area (Å²) in [5.41, 5.74) is 13.1. The number of fused-ring (bicyclic) bond motifs is 7. The van der Waals surface area contributed by atoms with Crippen LogP contribution in [0.25, 0.3) is 72.8 Å². The van der Waals surface area contributed by atoms with Gasteiger partial charge in [0.05, 0.1) is 22.1 Å². The molecule has 0 saturated heterocycles. The SMILES string of the molecule is c1ccc(-c2nc(-c3ccccc3)nc(-c3ccccc3-n3c4ccccc4c4c5c(ccc43)-c3ccccc3C5(c3ccccc3)c3ccccc3)n2)cc1. The Bertz CT molecular complexity index is 2960. The van der Waals surface area contributed by atoms with Crippen LogP contribution in [-0.2, 0) is 5.41 Å². The second kappa shape index (κ2) is 12.9. The fourth-order valence-corrected chi connectivity index (χ4v) is 9.04. The molecule has 2 aromatic heterocycles. The predicted molar refractivity (Wildman–Crippen MR) is 228 cm³/mol. The first-order valence-electron chi connectivity index (χ1n) is 19.0. The average Bonchev–Trinajstić information content (AvgIpc) is 3.78. The molecule has 0 atom stereocenters. The highest BCUT2D eigenvalue weighted by Crippen LogP contribution is 2.59. The smallest absolute Gasteiger partial charge is 0.166 e. The lowest BCUT2D eigenvalue weighted by Gasteiger charge is -2.34. The molecule has 4 nitrogen and oxygen atoms in total. The van der Waals surface area contributed by atoms with Gasteiger partial charge in [-0.25, -0.2) is 15.0 Å². The maximum atomic E-state index is 5.18. The highest BCUT2D eigenvalue weighted by molar-refractivity contribution is 6.15. The Morgan fingerprint density at radius 3 is 1.50 bits per heavy atom. The lowest BCUT2D eigenvalue weighted by Crippen LogP contribution is -2.28. The zero-order valence-corrected chi connectivity index (χ0v) is 30.4. The number of nitrogens with zero attached hydrogens (tertiary/aromatic N) is 4. The monoisotopic (exact) mass is 714 g/mol. The van der Waals surface area contributed by atoms with Crippen molar-refractivity contribution in [3.63, 3.8) is 0 Å². The van der Waals surface area contributed by atoms with Crippen molar-refractivity contribution in [1.29, 1.82) is 0 Å². The summed E-state index contributed by atoms with van der Waals surface area (Å²) in [6.07, 6.45) is 0. The van der Waals surface area contributed by atoms with Gasteiger partial charge < -0.3 is 4.57 Å². The summed E-state index contributed by atoms with van der Waals surface area (Å²) >= 11 is 0. The van der Waals surface area contributed by atoms with Crippen molar-refractivity contribution in [2.24, 2.45) is 0 Å². The van der Waals surface area contributed by atoms with E-state index < -0.39 is 5.41 Å². The Balaban J connectivity index is 1.24. The molecular weight excluding hydrogens is 681 g/mol. The number of para-hydroxylation sites is 2. The molecule has 4 heteroatoms. The van der Waals surface area contributed by atoms with Crippen molar-refractivity contribution in [3.05, 3.63) is 229 Å². The lowest BCUT2D eigenvalue weighted by molar-refractivity contribution is 0.776. The molecule has 0 spiro atoms. The van der Waals surface area contributed by atoms with E-state index in [1.807, 2.05) is 36.4 Å². The first kappa shape index (κ1) is 32.0. The van der Waals surface area contributed by atoms with Gasteiger partial charge in [-0.2, -0.15) is 0 Å². The summed E-state index contributed by atoms with van der Waals surface area (Å²) in [6, 6.07) is 73.4. The first-order valence-corrected chi connectivity index (χ1v) is 19.0. The van der Waals surface area contributed by atoms with E-state index in [2.05, 4.69) is 174 Å². The standard InChI is InChI=1S/C52H34N4/c1-5-19-35(20-6-1)49-53-50(36-21-7-2-8-22-36)55-51(54-49)42-29-15-18-32-45(42)56-44-31-17-14-28-41(44)47-46(56)34-33-40-39-27-13-16-30-43(39)52(48(40)47,37-23-9-3-10-24-37)38-25-11-4-12-26-38/h1-34H. The van der Waals surface area contributed by atoms with Gasteiger partial charge in [0.15, 0.2) is 17.5 Å². The normalized spacial score (nSPS) is 12.8. The first-order chi connectivity index (χ1) is 27.8. The van der Waals surface area contributed by atoms with Crippen LogP contribution in [0.3, 0.4) is 0 Å². The fraction of sp³-hybridized carbons (Fsp3) is 0.0192. The van der Waals surface area contributed by atoms with Crippen LogP contribution in [-0.4, -0.2) is 19.5 Å². The minimum absolute atomic E-state index is 0.550. The van der Waals surface area contributed by atoms with Gasteiger partial charge in [0, 0.05) is 27.5 Å². The molecule has 56 heavy (non-hydrogen) atoms. The summed E-state index contributed by atoms with van der Waals surface area (Å²) in [6.45, 7) is 0. The van der Waals surface area contributed by atoms with Crippen molar-refractivity contribution in [2.45, 2.75) is 5.41 Å². The summed E-state index contributed by atoms with van der Waals surface area (Å²) in [4.78, 5) is 15.4. The maximum absolute atomic E-state index is 5.18. The minimum Gasteiger partial charge on any atom is -0.308 e. The molecule has 0 N–H and O–H groups in total. The van der Waals surface area contributed by atoms with Crippen molar-refractivity contribution in [3.8, 4) is 51.0 Å². The van der Waals surface area contributed by atoms with E-state index in [9.17, 15) is 0 Å². The predicted octanol–water partition coefficient (Wildman–Crippen LogP) is 12.3. The Morgan fingerprint density at radius 1 is 0.357 bits per heavy atom. The molecule has 0 saturated carbocycles. The summed E-state index contributed by atoms with van der Waals surface area (Å²) in [5.74, 6) is 1.89. The van der Waals surface area contributed by atoms with Crippen molar-refractivity contribution in [1.82, 2.24) is 19.5 Å². The molecule has 11 rings (SSSR count). The Morgan fingerprint density at radius 2 is 0.857 bits per heavy atom. The number of aromatic nitrogens is 4. The third-order valence-corrected chi connectivity index (χ3v) is 11.3. The number of hydrogen-bond donors (Lipinski definition) is 0. The molecule has 0 unspecified atom stereocenters. The van der Waals surface area contributed by atoms with Crippen molar-refractivity contribution < 1.29 is 0 Å². The van der Waals surface area contributed by atoms with E-state index in [4.69, 9.17) is 15.0 Å². The summed E-state index contributed by atoms with van der Waals surface area (Å²) < 4.78 is 2.41. The van der Waals surface area contributed by atoms with Crippen LogP contribution in [0.5, 0.6) is 0 Å². The van der Waals surface area contributed by atoms with Gasteiger partial charge in [0.2, 0.25) is 0 Å². The van der Waals surface area contributed by atoms with Crippen LogP contribution < -0.4 is 0 Å². The quantitative estimate of drug-likeness (QED) is 0.172. The topological polar surface area (TPSA) is 43.6 Å². The van der Waals surface area contributed by atoms with E-state index in [0.717, 1.165) is 33.4 Å². The van der Waals surface area contributed by atoms with E-state index in [1.54, 1.807) is 0 Å². The molecule has 2 heterocycles. The Hall–Kier alpha value is -7.43. The highest BCUT2D eigenvalue weighted by atomic mass is 15.1.